The first kappa shape index (κ1) is 18.2. The van der Waals surface area contributed by atoms with E-state index in [-0.39, 0.29) is 0 Å². The van der Waals surface area contributed by atoms with Crippen molar-refractivity contribution in [1.82, 2.24) is 15.2 Å². The molecule has 0 unspecified atom stereocenters. The third-order valence-corrected chi connectivity index (χ3v) is 6.31. The van der Waals surface area contributed by atoms with Crippen molar-refractivity contribution in [2.45, 2.75) is 25.7 Å². The molecule has 2 aromatic heterocycles. The predicted molar refractivity (Wildman–Crippen MR) is 109 cm³/mol. The van der Waals surface area contributed by atoms with Crippen LogP contribution in [0.15, 0.2) is 27.9 Å². The number of likely N-dealkylation sites (N-methyl/N-ethyl adjacent to an activating group) is 1. The predicted octanol–water partition coefficient (Wildman–Crippen LogP) is 3.10. The van der Waals surface area contributed by atoms with Crippen molar-refractivity contribution in [1.29, 1.82) is 0 Å². The van der Waals surface area contributed by atoms with Gasteiger partial charge in [-0.1, -0.05) is 6.07 Å². The fraction of sp³-hybridized carbons (Fsp3) is 0.556. The van der Waals surface area contributed by atoms with E-state index in [1.807, 2.05) is 18.4 Å². The molecule has 0 saturated carbocycles. The summed E-state index contributed by atoms with van der Waals surface area (Å²) in [5.41, 5.74) is 1.18. The van der Waals surface area contributed by atoms with Crippen LogP contribution in [0, 0.1) is 0 Å². The lowest BCUT2D eigenvalue weighted by molar-refractivity contribution is 0.487. The van der Waals surface area contributed by atoms with Crippen LogP contribution in [0.25, 0.3) is 0 Å². The molecular formula is C18H27N5S2. The molecule has 1 aliphatic rings. The molecule has 1 aliphatic heterocycles. The third kappa shape index (κ3) is 5.19. The highest BCUT2D eigenvalue weighted by molar-refractivity contribution is 7.13. The molecule has 0 aromatic carbocycles. The SMILES string of the molecule is CN=C(NCCc1csc(N2CCCC2)n1)N(C)CCc1cccs1. The number of hydrogen-bond acceptors (Lipinski definition) is 5. The number of aromatic nitrogens is 1. The minimum atomic E-state index is 0.860. The summed E-state index contributed by atoms with van der Waals surface area (Å²) in [7, 11) is 3.94. The number of thiophene rings is 1. The first-order valence-electron chi connectivity index (χ1n) is 8.90. The molecule has 3 rings (SSSR count). The molecule has 136 valence electrons. The Labute approximate surface area is 158 Å². The summed E-state index contributed by atoms with van der Waals surface area (Å²) in [4.78, 5) is 15.2. The van der Waals surface area contributed by atoms with E-state index in [1.54, 1.807) is 11.3 Å². The lowest BCUT2D eigenvalue weighted by Crippen LogP contribution is -2.40. The normalized spacial score (nSPS) is 15.0. The molecule has 25 heavy (non-hydrogen) atoms. The molecule has 0 bridgehead atoms. The van der Waals surface area contributed by atoms with Gasteiger partial charge in [0.25, 0.3) is 0 Å². The van der Waals surface area contributed by atoms with Crippen LogP contribution in [0.1, 0.15) is 23.4 Å². The minimum absolute atomic E-state index is 0.860. The zero-order valence-corrected chi connectivity index (χ0v) is 16.7. The molecule has 1 saturated heterocycles. The van der Waals surface area contributed by atoms with Crippen LogP contribution >= 0.6 is 22.7 Å². The fourth-order valence-electron chi connectivity index (χ4n) is 2.99. The zero-order chi connectivity index (χ0) is 17.5. The second-order valence-electron chi connectivity index (χ2n) is 6.29. The number of guanidine groups is 1. The molecule has 0 amide bonds. The Morgan fingerprint density at radius 2 is 2.16 bits per heavy atom. The summed E-state index contributed by atoms with van der Waals surface area (Å²) in [5, 5.41) is 8.97. The molecule has 5 nitrogen and oxygen atoms in total. The number of thiazole rings is 1. The highest BCUT2D eigenvalue weighted by Gasteiger charge is 2.15. The quantitative estimate of drug-likeness (QED) is 0.595. The summed E-state index contributed by atoms with van der Waals surface area (Å²) in [6.07, 6.45) is 4.58. The Balaban J connectivity index is 1.41. The van der Waals surface area contributed by atoms with Gasteiger partial charge in [-0.05, 0) is 30.7 Å². The van der Waals surface area contributed by atoms with Crippen LogP contribution < -0.4 is 10.2 Å². The average Bonchev–Trinajstić information content (AvgIpc) is 3.38. The number of anilines is 1. The maximum absolute atomic E-state index is 4.78. The molecule has 2 aromatic rings. The van der Waals surface area contributed by atoms with Gasteiger partial charge in [-0.3, -0.25) is 4.99 Å². The van der Waals surface area contributed by atoms with E-state index in [0.717, 1.165) is 45.0 Å². The smallest absolute Gasteiger partial charge is 0.193 e. The van der Waals surface area contributed by atoms with Gasteiger partial charge in [-0.15, -0.1) is 22.7 Å². The second-order valence-corrected chi connectivity index (χ2v) is 8.16. The summed E-state index contributed by atoms with van der Waals surface area (Å²) in [5.74, 6) is 0.951. The number of aliphatic imine (C=N–C) groups is 1. The largest absolute Gasteiger partial charge is 0.356 e. The van der Waals surface area contributed by atoms with Gasteiger partial charge < -0.3 is 15.1 Å². The molecule has 7 heteroatoms. The number of nitrogens with zero attached hydrogens (tertiary/aromatic N) is 4. The van der Waals surface area contributed by atoms with Crippen molar-refractivity contribution in [3.05, 3.63) is 33.5 Å². The Bertz CT molecular complexity index is 659. The van der Waals surface area contributed by atoms with Crippen LogP contribution in [0.4, 0.5) is 5.13 Å². The average molecular weight is 378 g/mol. The molecule has 0 spiro atoms. The lowest BCUT2D eigenvalue weighted by atomic mass is 10.3. The van der Waals surface area contributed by atoms with Gasteiger partial charge in [0, 0.05) is 57.0 Å². The maximum atomic E-state index is 4.78. The van der Waals surface area contributed by atoms with Crippen molar-refractivity contribution in [2.24, 2.45) is 4.99 Å². The summed E-state index contributed by atoms with van der Waals surface area (Å²) < 4.78 is 0. The highest BCUT2D eigenvalue weighted by atomic mass is 32.1. The summed E-state index contributed by atoms with van der Waals surface area (Å²) >= 11 is 3.59. The molecule has 3 heterocycles. The van der Waals surface area contributed by atoms with E-state index in [4.69, 9.17) is 4.98 Å². The van der Waals surface area contributed by atoms with Crippen LogP contribution in [-0.4, -0.2) is 56.1 Å². The lowest BCUT2D eigenvalue weighted by Gasteiger charge is -2.21. The topological polar surface area (TPSA) is 43.8 Å². The Hall–Kier alpha value is -1.60. The van der Waals surface area contributed by atoms with Crippen molar-refractivity contribution in [2.75, 3.05) is 45.2 Å². The van der Waals surface area contributed by atoms with E-state index in [9.17, 15) is 0 Å². The summed E-state index contributed by atoms with van der Waals surface area (Å²) in [6, 6.07) is 4.30. The van der Waals surface area contributed by atoms with E-state index in [2.05, 4.69) is 50.0 Å². The van der Waals surface area contributed by atoms with Crippen LogP contribution in [0.2, 0.25) is 0 Å². The van der Waals surface area contributed by atoms with E-state index >= 15 is 0 Å². The van der Waals surface area contributed by atoms with Crippen LogP contribution in [0.5, 0.6) is 0 Å². The number of nitrogens with one attached hydrogen (secondary N) is 1. The highest BCUT2D eigenvalue weighted by Crippen LogP contribution is 2.24. The van der Waals surface area contributed by atoms with Crippen molar-refractivity contribution >= 4 is 33.8 Å². The standard InChI is InChI=1S/C18H27N5S2/c1-19-17(22(2)12-8-16-6-5-13-24-16)20-9-7-15-14-25-18(21-15)23-10-3-4-11-23/h5-6,13-14H,3-4,7-12H2,1-2H3,(H,19,20). The van der Waals surface area contributed by atoms with Crippen LogP contribution in [0.3, 0.4) is 0 Å². The van der Waals surface area contributed by atoms with Gasteiger partial charge in [0.05, 0.1) is 5.69 Å². The minimum Gasteiger partial charge on any atom is -0.356 e. The van der Waals surface area contributed by atoms with Crippen molar-refractivity contribution in [3.8, 4) is 0 Å². The van der Waals surface area contributed by atoms with Gasteiger partial charge in [0.15, 0.2) is 11.1 Å². The van der Waals surface area contributed by atoms with E-state index in [1.165, 1.54) is 28.5 Å². The fourth-order valence-corrected chi connectivity index (χ4v) is 4.60. The Morgan fingerprint density at radius 1 is 1.32 bits per heavy atom. The maximum Gasteiger partial charge on any atom is 0.193 e. The molecule has 1 fully saturated rings. The summed E-state index contributed by atoms with van der Waals surface area (Å²) in [6.45, 7) is 4.15. The first-order valence-corrected chi connectivity index (χ1v) is 10.7. The van der Waals surface area contributed by atoms with Gasteiger partial charge in [0.2, 0.25) is 0 Å². The van der Waals surface area contributed by atoms with Crippen molar-refractivity contribution < 1.29 is 0 Å². The van der Waals surface area contributed by atoms with E-state index < -0.39 is 0 Å². The van der Waals surface area contributed by atoms with Gasteiger partial charge in [-0.25, -0.2) is 4.98 Å². The zero-order valence-electron chi connectivity index (χ0n) is 15.1. The molecule has 0 aliphatic carbocycles. The van der Waals surface area contributed by atoms with Crippen molar-refractivity contribution in [3.63, 3.8) is 0 Å². The van der Waals surface area contributed by atoms with Gasteiger partial charge in [0.1, 0.15) is 0 Å². The number of rotatable bonds is 7. The van der Waals surface area contributed by atoms with Crippen LogP contribution in [-0.2, 0) is 12.8 Å². The second kappa shape index (κ2) is 9.20. The monoisotopic (exact) mass is 377 g/mol. The van der Waals surface area contributed by atoms with Gasteiger partial charge in [-0.2, -0.15) is 0 Å². The van der Waals surface area contributed by atoms with Gasteiger partial charge >= 0.3 is 0 Å². The molecule has 0 atom stereocenters. The molecule has 0 radical (unpaired) electrons. The molecule has 1 N–H and O–H groups in total. The first-order chi connectivity index (χ1) is 12.3. The number of hydrogen-bond donors (Lipinski definition) is 1. The Kier molecular flexibility index (Phi) is 6.69. The third-order valence-electron chi connectivity index (χ3n) is 4.43. The molecular weight excluding hydrogens is 350 g/mol. The van der Waals surface area contributed by atoms with E-state index in [0.29, 0.717) is 0 Å². The Morgan fingerprint density at radius 3 is 2.88 bits per heavy atom.